The highest BCUT2D eigenvalue weighted by molar-refractivity contribution is 5.85. The van der Waals surface area contributed by atoms with Gasteiger partial charge in [-0.2, -0.15) is 0 Å². The second kappa shape index (κ2) is 5.69. The molecule has 0 radical (unpaired) electrons. The first-order chi connectivity index (χ1) is 7.58. The van der Waals surface area contributed by atoms with Crippen LogP contribution < -0.4 is 11.1 Å². The van der Waals surface area contributed by atoms with Gasteiger partial charge in [0.15, 0.2) is 5.84 Å². The van der Waals surface area contributed by atoms with E-state index < -0.39 is 0 Å². The second-order valence-corrected chi connectivity index (χ2v) is 4.16. The molecule has 1 rings (SSSR count). The Morgan fingerprint density at radius 2 is 2.50 bits per heavy atom. The number of nitrogens with zero attached hydrogens (tertiary/aromatic N) is 2. The molecule has 6 nitrogen and oxygen atoms in total. The Hall–Kier alpha value is -1.30. The molecule has 6 heteroatoms. The summed E-state index contributed by atoms with van der Waals surface area (Å²) in [5, 5.41) is 14.9. The lowest BCUT2D eigenvalue weighted by Crippen LogP contribution is -2.53. The molecule has 1 aliphatic rings. The van der Waals surface area contributed by atoms with E-state index in [0.29, 0.717) is 13.0 Å². The van der Waals surface area contributed by atoms with Gasteiger partial charge in [0.2, 0.25) is 5.91 Å². The zero-order valence-corrected chi connectivity index (χ0v) is 9.81. The second-order valence-electron chi connectivity index (χ2n) is 4.16. The number of nitrogens with one attached hydrogen (secondary N) is 1. The largest absolute Gasteiger partial charge is 0.409 e. The smallest absolute Gasteiger partial charge is 0.222 e. The van der Waals surface area contributed by atoms with Gasteiger partial charge in [-0.1, -0.05) is 12.1 Å². The van der Waals surface area contributed by atoms with E-state index in [9.17, 15) is 4.79 Å². The van der Waals surface area contributed by atoms with E-state index in [1.165, 1.54) is 0 Å². The maximum Gasteiger partial charge on any atom is 0.222 e. The van der Waals surface area contributed by atoms with Crippen LogP contribution in [-0.2, 0) is 4.79 Å². The summed E-state index contributed by atoms with van der Waals surface area (Å²) >= 11 is 0. The molecule has 0 saturated carbocycles. The predicted molar refractivity (Wildman–Crippen MR) is 61.3 cm³/mol. The molecule has 4 N–H and O–H groups in total. The van der Waals surface area contributed by atoms with Crippen LogP contribution in [0.25, 0.3) is 0 Å². The number of rotatable bonds is 4. The van der Waals surface area contributed by atoms with Gasteiger partial charge in [-0.05, 0) is 12.8 Å². The number of likely N-dealkylation sites (N-methyl/N-ethyl adjacent to an activating group) is 1. The maximum atomic E-state index is 11.3. The number of carbonyl (C=O) groups excluding carboxylic acids is 1. The first-order valence-electron chi connectivity index (χ1n) is 5.55. The van der Waals surface area contributed by atoms with Gasteiger partial charge >= 0.3 is 0 Å². The average molecular weight is 228 g/mol. The van der Waals surface area contributed by atoms with Crippen LogP contribution in [0, 0.1) is 0 Å². The first kappa shape index (κ1) is 12.8. The summed E-state index contributed by atoms with van der Waals surface area (Å²) in [7, 11) is 1.79. The zero-order valence-electron chi connectivity index (χ0n) is 9.81. The third-order valence-corrected chi connectivity index (χ3v) is 2.94. The molecule has 1 heterocycles. The zero-order chi connectivity index (χ0) is 12.1. The van der Waals surface area contributed by atoms with E-state index in [1.807, 2.05) is 6.92 Å². The van der Waals surface area contributed by atoms with Crippen LogP contribution in [0.4, 0.5) is 0 Å². The summed E-state index contributed by atoms with van der Waals surface area (Å²) in [4.78, 5) is 13.0. The number of amides is 1. The van der Waals surface area contributed by atoms with E-state index in [-0.39, 0.29) is 23.8 Å². The number of hydrogen-bond acceptors (Lipinski definition) is 4. The molecule has 2 unspecified atom stereocenters. The Morgan fingerprint density at radius 3 is 3.00 bits per heavy atom. The molecule has 1 aliphatic heterocycles. The minimum atomic E-state index is -0.128. The quantitative estimate of drug-likeness (QED) is 0.267. The lowest BCUT2D eigenvalue weighted by Gasteiger charge is -2.32. The number of nitrogens with two attached hydrogens (primary N) is 1. The number of oxime groups is 1. The normalized spacial score (nSPS) is 24.6. The van der Waals surface area contributed by atoms with Crippen LogP contribution in [0.1, 0.15) is 26.2 Å². The molecule has 0 aromatic carbocycles. The minimum absolute atomic E-state index is 0.128. The van der Waals surface area contributed by atoms with Crippen molar-refractivity contribution in [3.63, 3.8) is 0 Å². The molecule has 0 spiro atoms. The van der Waals surface area contributed by atoms with Crippen LogP contribution in [0.2, 0.25) is 0 Å². The molecule has 1 amide bonds. The van der Waals surface area contributed by atoms with Crippen molar-refractivity contribution >= 4 is 11.7 Å². The summed E-state index contributed by atoms with van der Waals surface area (Å²) in [6, 6.07) is 0.0875. The maximum absolute atomic E-state index is 11.3. The minimum Gasteiger partial charge on any atom is -0.409 e. The van der Waals surface area contributed by atoms with Crippen molar-refractivity contribution in [3.05, 3.63) is 0 Å². The van der Waals surface area contributed by atoms with Crippen LogP contribution in [-0.4, -0.2) is 47.5 Å². The van der Waals surface area contributed by atoms with Crippen LogP contribution >= 0.6 is 0 Å². The molecule has 0 aromatic heterocycles. The summed E-state index contributed by atoms with van der Waals surface area (Å²) in [6.07, 6.45) is 2.11. The summed E-state index contributed by atoms with van der Waals surface area (Å²) in [6.45, 7) is 2.64. The Bertz CT molecular complexity index is 280. The van der Waals surface area contributed by atoms with Crippen molar-refractivity contribution in [2.24, 2.45) is 10.9 Å². The fourth-order valence-electron chi connectivity index (χ4n) is 1.91. The fraction of sp³-hybridized carbons (Fsp3) is 0.800. The van der Waals surface area contributed by atoms with E-state index >= 15 is 0 Å². The monoisotopic (exact) mass is 228 g/mol. The Balaban J connectivity index is 2.50. The summed E-state index contributed by atoms with van der Waals surface area (Å²) in [5.41, 5.74) is 5.56. The van der Waals surface area contributed by atoms with Crippen molar-refractivity contribution in [1.82, 2.24) is 10.2 Å². The third kappa shape index (κ3) is 3.10. The lowest BCUT2D eigenvalue weighted by molar-refractivity contribution is -0.132. The number of piperidine rings is 1. The van der Waals surface area contributed by atoms with Gasteiger partial charge in [0, 0.05) is 26.1 Å². The van der Waals surface area contributed by atoms with Crippen molar-refractivity contribution in [1.29, 1.82) is 0 Å². The van der Waals surface area contributed by atoms with Gasteiger partial charge in [0.05, 0.1) is 6.04 Å². The molecule has 0 aromatic rings. The highest BCUT2D eigenvalue weighted by Gasteiger charge is 2.25. The number of amidine groups is 1. The molecular formula is C10H20N4O2. The fourth-order valence-corrected chi connectivity index (χ4v) is 1.91. The first-order valence-corrected chi connectivity index (χ1v) is 5.55. The Morgan fingerprint density at radius 1 is 1.81 bits per heavy atom. The molecule has 1 fully saturated rings. The van der Waals surface area contributed by atoms with E-state index in [4.69, 9.17) is 10.9 Å². The Labute approximate surface area is 95.5 Å². The summed E-state index contributed by atoms with van der Waals surface area (Å²) < 4.78 is 0. The van der Waals surface area contributed by atoms with Crippen LogP contribution in [0.3, 0.4) is 0 Å². The number of hydrogen-bond donors (Lipinski definition) is 3. The topological polar surface area (TPSA) is 91.0 Å². The van der Waals surface area contributed by atoms with E-state index in [0.717, 1.165) is 12.8 Å². The highest BCUT2D eigenvalue weighted by atomic mass is 16.4. The molecule has 92 valence electrons. The SMILES string of the molecule is CCC(NC1CCC(=O)N(C)C1)C(N)=NO. The predicted octanol–water partition coefficient (Wildman–Crippen LogP) is -0.278. The average Bonchev–Trinajstić information content (AvgIpc) is 2.29. The van der Waals surface area contributed by atoms with Gasteiger partial charge in [-0.25, -0.2) is 0 Å². The van der Waals surface area contributed by atoms with Crippen LogP contribution in [0.15, 0.2) is 5.16 Å². The van der Waals surface area contributed by atoms with E-state index in [1.54, 1.807) is 11.9 Å². The van der Waals surface area contributed by atoms with Gasteiger partial charge in [0.25, 0.3) is 0 Å². The summed E-state index contributed by atoms with van der Waals surface area (Å²) in [5.74, 6) is 0.372. The molecule has 16 heavy (non-hydrogen) atoms. The third-order valence-electron chi connectivity index (χ3n) is 2.94. The lowest BCUT2D eigenvalue weighted by atomic mass is 10.0. The van der Waals surface area contributed by atoms with Gasteiger partial charge in [0.1, 0.15) is 0 Å². The molecule has 0 aliphatic carbocycles. The number of likely N-dealkylation sites (tertiary alicyclic amines) is 1. The van der Waals surface area contributed by atoms with Crippen molar-refractivity contribution in [2.45, 2.75) is 38.3 Å². The molecular weight excluding hydrogens is 208 g/mol. The molecule has 0 bridgehead atoms. The van der Waals surface area contributed by atoms with Crippen molar-refractivity contribution in [2.75, 3.05) is 13.6 Å². The van der Waals surface area contributed by atoms with Crippen LogP contribution in [0.5, 0.6) is 0 Å². The Kier molecular flexibility index (Phi) is 4.54. The van der Waals surface area contributed by atoms with Gasteiger partial charge in [-0.3, -0.25) is 4.79 Å². The molecule has 1 saturated heterocycles. The van der Waals surface area contributed by atoms with Crippen molar-refractivity contribution < 1.29 is 10.0 Å². The standard InChI is InChI=1S/C10H20N4O2/c1-3-8(10(11)13-16)12-7-4-5-9(15)14(2)6-7/h7-8,12,16H,3-6H2,1-2H3,(H2,11,13). The van der Waals surface area contributed by atoms with Gasteiger partial charge < -0.3 is 21.2 Å². The van der Waals surface area contributed by atoms with Gasteiger partial charge in [-0.15, -0.1) is 0 Å². The highest BCUT2D eigenvalue weighted by Crippen LogP contribution is 2.10. The molecule has 2 atom stereocenters. The van der Waals surface area contributed by atoms with Crippen molar-refractivity contribution in [3.8, 4) is 0 Å². The number of carbonyl (C=O) groups is 1. The van der Waals surface area contributed by atoms with E-state index in [2.05, 4.69) is 10.5 Å².